The Balaban J connectivity index is 2.16. The number of anilines is 1. The molecule has 0 bridgehead atoms. The lowest BCUT2D eigenvalue weighted by Crippen LogP contribution is -2.44. The third-order valence-electron chi connectivity index (χ3n) is 3.36. The van der Waals surface area contributed by atoms with Crippen molar-refractivity contribution in [2.24, 2.45) is 5.41 Å². The molecule has 3 nitrogen and oxygen atoms in total. The van der Waals surface area contributed by atoms with Crippen molar-refractivity contribution in [3.05, 3.63) is 23.9 Å². The first kappa shape index (κ1) is 11.4. The van der Waals surface area contributed by atoms with Crippen LogP contribution in [0.5, 0.6) is 0 Å². The van der Waals surface area contributed by atoms with Gasteiger partial charge in [-0.2, -0.15) is 0 Å². The summed E-state index contributed by atoms with van der Waals surface area (Å²) in [5, 5.41) is 9.42. The second-order valence-electron chi connectivity index (χ2n) is 5.13. The summed E-state index contributed by atoms with van der Waals surface area (Å²) in [6.07, 6.45) is 2.23. The second kappa shape index (κ2) is 4.42. The van der Waals surface area contributed by atoms with Gasteiger partial charge in [0.05, 0.1) is 6.61 Å². The van der Waals surface area contributed by atoms with Gasteiger partial charge in [0.15, 0.2) is 0 Å². The molecule has 1 fully saturated rings. The lowest BCUT2D eigenvalue weighted by Gasteiger charge is -2.40. The molecule has 0 saturated carbocycles. The Kier molecular flexibility index (Phi) is 3.15. The van der Waals surface area contributed by atoms with E-state index in [9.17, 15) is 5.11 Å². The molecule has 1 saturated heterocycles. The van der Waals surface area contributed by atoms with Crippen molar-refractivity contribution in [3.63, 3.8) is 0 Å². The van der Waals surface area contributed by atoms with E-state index in [1.54, 1.807) is 0 Å². The number of aryl methyl sites for hydroxylation is 1. The Hall–Kier alpha value is -1.09. The van der Waals surface area contributed by atoms with Gasteiger partial charge >= 0.3 is 0 Å². The molecule has 0 unspecified atom stereocenters. The van der Waals surface area contributed by atoms with Gasteiger partial charge in [0.2, 0.25) is 0 Å². The smallest absolute Gasteiger partial charge is 0.128 e. The molecule has 0 amide bonds. The van der Waals surface area contributed by atoms with E-state index in [4.69, 9.17) is 0 Å². The van der Waals surface area contributed by atoms with Gasteiger partial charge < -0.3 is 10.0 Å². The average Bonchev–Trinajstić information content (AvgIpc) is 2.29. The average molecular weight is 220 g/mol. The molecule has 1 aliphatic heterocycles. The Morgan fingerprint density at radius 1 is 1.50 bits per heavy atom. The Labute approximate surface area is 97.1 Å². The molecule has 1 aromatic rings. The van der Waals surface area contributed by atoms with Crippen LogP contribution in [0.25, 0.3) is 0 Å². The van der Waals surface area contributed by atoms with Gasteiger partial charge in [0.25, 0.3) is 0 Å². The van der Waals surface area contributed by atoms with Crippen molar-refractivity contribution < 1.29 is 5.11 Å². The van der Waals surface area contributed by atoms with Crippen molar-refractivity contribution >= 4 is 5.82 Å². The van der Waals surface area contributed by atoms with Gasteiger partial charge in [-0.05, 0) is 31.9 Å². The molecule has 0 aromatic carbocycles. The molecule has 1 N–H and O–H groups in total. The first-order chi connectivity index (χ1) is 7.63. The highest BCUT2D eigenvalue weighted by Crippen LogP contribution is 2.30. The summed E-state index contributed by atoms with van der Waals surface area (Å²) in [5.41, 5.74) is 1.08. The van der Waals surface area contributed by atoms with Crippen LogP contribution >= 0.6 is 0 Å². The quantitative estimate of drug-likeness (QED) is 0.828. The van der Waals surface area contributed by atoms with E-state index in [0.29, 0.717) is 0 Å². The van der Waals surface area contributed by atoms with Crippen LogP contribution in [-0.4, -0.2) is 29.8 Å². The minimum atomic E-state index is 0.0314. The highest BCUT2D eigenvalue weighted by atomic mass is 16.3. The van der Waals surface area contributed by atoms with E-state index < -0.39 is 0 Å². The Bertz CT molecular complexity index is 367. The highest BCUT2D eigenvalue weighted by Gasteiger charge is 2.30. The van der Waals surface area contributed by atoms with Crippen LogP contribution in [0.2, 0.25) is 0 Å². The summed E-state index contributed by atoms with van der Waals surface area (Å²) in [4.78, 5) is 6.83. The molecule has 88 valence electrons. The first-order valence-electron chi connectivity index (χ1n) is 5.92. The zero-order chi connectivity index (χ0) is 11.6. The lowest BCUT2D eigenvalue weighted by molar-refractivity contribution is 0.123. The molecule has 0 spiro atoms. The Morgan fingerprint density at radius 3 is 3.00 bits per heavy atom. The summed E-state index contributed by atoms with van der Waals surface area (Å²) in [5.74, 6) is 1.04. The van der Waals surface area contributed by atoms with Crippen molar-refractivity contribution in [1.29, 1.82) is 0 Å². The van der Waals surface area contributed by atoms with Gasteiger partial charge in [0.1, 0.15) is 5.82 Å². The summed E-state index contributed by atoms with van der Waals surface area (Å²) in [7, 11) is 0. The maximum absolute atomic E-state index is 9.42. The van der Waals surface area contributed by atoms with Crippen LogP contribution in [-0.2, 0) is 0 Å². The highest BCUT2D eigenvalue weighted by molar-refractivity contribution is 5.40. The largest absolute Gasteiger partial charge is 0.396 e. The number of aliphatic hydroxyl groups excluding tert-OH is 1. The maximum atomic E-state index is 9.42. The van der Waals surface area contributed by atoms with Crippen molar-refractivity contribution in [3.8, 4) is 0 Å². The van der Waals surface area contributed by atoms with Crippen LogP contribution in [0.4, 0.5) is 5.82 Å². The molecule has 2 rings (SSSR count). The van der Waals surface area contributed by atoms with Crippen LogP contribution in [0.15, 0.2) is 18.2 Å². The molecule has 3 heteroatoms. The first-order valence-corrected chi connectivity index (χ1v) is 5.92. The van der Waals surface area contributed by atoms with Crippen molar-refractivity contribution in [2.75, 3.05) is 24.6 Å². The fourth-order valence-corrected chi connectivity index (χ4v) is 2.34. The molecule has 16 heavy (non-hydrogen) atoms. The third-order valence-corrected chi connectivity index (χ3v) is 3.36. The van der Waals surface area contributed by atoms with Crippen LogP contribution in [0.3, 0.4) is 0 Å². The fourth-order valence-electron chi connectivity index (χ4n) is 2.34. The fraction of sp³-hybridized carbons (Fsp3) is 0.615. The molecule has 1 aliphatic rings. The molecule has 1 atom stereocenters. The SMILES string of the molecule is Cc1cccc(N2CCC[C@](C)(CO)C2)n1. The monoisotopic (exact) mass is 220 g/mol. The lowest BCUT2D eigenvalue weighted by atomic mass is 9.83. The minimum absolute atomic E-state index is 0.0314. The van der Waals surface area contributed by atoms with Crippen molar-refractivity contribution in [2.45, 2.75) is 26.7 Å². The minimum Gasteiger partial charge on any atom is -0.396 e. The summed E-state index contributed by atoms with van der Waals surface area (Å²) in [6.45, 7) is 6.37. The maximum Gasteiger partial charge on any atom is 0.128 e. The molecular weight excluding hydrogens is 200 g/mol. The third kappa shape index (κ3) is 2.35. The summed E-state index contributed by atoms with van der Waals surface area (Å²) >= 11 is 0. The number of aromatic nitrogens is 1. The van der Waals surface area contributed by atoms with E-state index in [1.807, 2.05) is 19.1 Å². The van der Waals surface area contributed by atoms with Crippen LogP contribution in [0, 0.1) is 12.3 Å². The van der Waals surface area contributed by atoms with Gasteiger partial charge in [-0.25, -0.2) is 4.98 Å². The summed E-state index contributed by atoms with van der Waals surface area (Å²) in [6, 6.07) is 6.11. The summed E-state index contributed by atoms with van der Waals surface area (Å²) < 4.78 is 0. The van der Waals surface area contributed by atoms with Crippen molar-refractivity contribution in [1.82, 2.24) is 4.98 Å². The van der Waals surface area contributed by atoms with Gasteiger partial charge in [-0.1, -0.05) is 13.0 Å². The Morgan fingerprint density at radius 2 is 2.31 bits per heavy atom. The number of piperidine rings is 1. The molecular formula is C13H20N2O. The number of pyridine rings is 1. The van der Waals surface area contributed by atoms with E-state index >= 15 is 0 Å². The second-order valence-corrected chi connectivity index (χ2v) is 5.13. The van der Waals surface area contributed by atoms with Crippen LogP contribution < -0.4 is 4.90 Å². The molecule has 0 aliphatic carbocycles. The normalized spacial score (nSPS) is 25.8. The van der Waals surface area contributed by atoms with Gasteiger partial charge in [0, 0.05) is 24.2 Å². The van der Waals surface area contributed by atoms with E-state index in [-0.39, 0.29) is 12.0 Å². The predicted octanol–water partition coefficient (Wildman–Crippen LogP) is 1.99. The number of aliphatic hydroxyl groups is 1. The number of rotatable bonds is 2. The topological polar surface area (TPSA) is 36.4 Å². The van der Waals surface area contributed by atoms with E-state index in [0.717, 1.165) is 37.4 Å². The number of nitrogens with zero attached hydrogens (tertiary/aromatic N) is 2. The number of hydrogen-bond acceptors (Lipinski definition) is 3. The van der Waals surface area contributed by atoms with E-state index in [2.05, 4.69) is 22.9 Å². The van der Waals surface area contributed by atoms with E-state index in [1.165, 1.54) is 0 Å². The number of hydrogen-bond donors (Lipinski definition) is 1. The zero-order valence-electron chi connectivity index (χ0n) is 10.1. The van der Waals surface area contributed by atoms with Gasteiger partial charge in [-0.3, -0.25) is 0 Å². The molecule has 1 aromatic heterocycles. The van der Waals surface area contributed by atoms with Gasteiger partial charge in [-0.15, -0.1) is 0 Å². The van der Waals surface area contributed by atoms with Crippen LogP contribution in [0.1, 0.15) is 25.5 Å². The standard InChI is InChI=1S/C13H20N2O/c1-11-5-3-6-12(14-11)15-8-4-7-13(2,9-15)10-16/h3,5-6,16H,4,7-10H2,1-2H3/t13-/m0/s1. The molecule has 2 heterocycles. The predicted molar refractivity (Wildman–Crippen MR) is 65.6 cm³/mol. The molecule has 0 radical (unpaired) electrons. The zero-order valence-corrected chi connectivity index (χ0v) is 10.1.